The van der Waals surface area contributed by atoms with E-state index in [-0.39, 0.29) is 0 Å². The van der Waals surface area contributed by atoms with Crippen LogP contribution in [0.2, 0.25) is 0 Å². The molecule has 7 heteroatoms. The molecule has 0 radical (unpaired) electrons. The van der Waals surface area contributed by atoms with Crippen LogP contribution in [0.15, 0.2) is 15.6 Å². The summed E-state index contributed by atoms with van der Waals surface area (Å²) in [5.74, 6) is 1.74. The summed E-state index contributed by atoms with van der Waals surface area (Å²) in [6.07, 6.45) is 2.70. The molecular weight excluding hydrogens is 316 g/mol. The van der Waals surface area contributed by atoms with Gasteiger partial charge in [0.05, 0.1) is 11.4 Å². The van der Waals surface area contributed by atoms with Crippen molar-refractivity contribution in [3.05, 3.63) is 34.5 Å². The van der Waals surface area contributed by atoms with E-state index < -0.39 is 0 Å². The fraction of sp³-hybridized carbons (Fsp3) is 0.611. The number of rotatable bonds is 8. The van der Waals surface area contributed by atoms with Crippen LogP contribution in [-0.4, -0.2) is 34.5 Å². The second kappa shape index (κ2) is 9.25. The maximum absolute atomic E-state index is 5.40. The van der Waals surface area contributed by atoms with Crippen molar-refractivity contribution < 1.29 is 4.52 Å². The lowest BCUT2D eigenvalue weighted by atomic mass is 10.1. The van der Waals surface area contributed by atoms with Crippen LogP contribution in [0.4, 0.5) is 0 Å². The van der Waals surface area contributed by atoms with E-state index in [4.69, 9.17) is 4.52 Å². The van der Waals surface area contributed by atoms with E-state index in [2.05, 4.69) is 52.7 Å². The highest BCUT2D eigenvalue weighted by atomic mass is 16.5. The van der Waals surface area contributed by atoms with E-state index >= 15 is 0 Å². The highest BCUT2D eigenvalue weighted by molar-refractivity contribution is 5.79. The van der Waals surface area contributed by atoms with Crippen molar-refractivity contribution in [3.8, 4) is 0 Å². The minimum atomic E-state index is 0.674. The molecule has 2 heterocycles. The van der Waals surface area contributed by atoms with Gasteiger partial charge in [-0.1, -0.05) is 19.0 Å². The van der Waals surface area contributed by atoms with Crippen molar-refractivity contribution in [2.45, 2.75) is 60.0 Å². The second-order valence-electron chi connectivity index (χ2n) is 6.09. The van der Waals surface area contributed by atoms with Gasteiger partial charge in [0.2, 0.25) is 0 Å². The molecule has 0 atom stereocenters. The van der Waals surface area contributed by atoms with E-state index in [9.17, 15) is 0 Å². The summed E-state index contributed by atoms with van der Waals surface area (Å²) < 4.78 is 7.45. The Hall–Kier alpha value is -2.31. The van der Waals surface area contributed by atoms with E-state index in [0.29, 0.717) is 6.54 Å². The number of aryl methyl sites for hydroxylation is 5. The smallest absolute Gasteiger partial charge is 0.191 e. The molecule has 0 aromatic carbocycles. The first-order valence-corrected chi connectivity index (χ1v) is 9.00. The van der Waals surface area contributed by atoms with Gasteiger partial charge in [-0.2, -0.15) is 5.10 Å². The zero-order chi connectivity index (χ0) is 18.2. The van der Waals surface area contributed by atoms with Gasteiger partial charge in [-0.15, -0.1) is 0 Å². The van der Waals surface area contributed by atoms with Crippen LogP contribution in [0.1, 0.15) is 48.7 Å². The molecule has 138 valence electrons. The lowest BCUT2D eigenvalue weighted by molar-refractivity contribution is 0.380. The molecule has 0 amide bonds. The normalized spacial score (nSPS) is 11.8. The van der Waals surface area contributed by atoms with Crippen molar-refractivity contribution in [1.82, 2.24) is 25.6 Å². The highest BCUT2D eigenvalue weighted by Crippen LogP contribution is 2.15. The number of nitrogens with zero attached hydrogens (tertiary/aromatic N) is 4. The maximum atomic E-state index is 5.40. The average Bonchev–Trinajstić information content (AvgIpc) is 3.15. The van der Waals surface area contributed by atoms with Crippen molar-refractivity contribution in [2.24, 2.45) is 4.99 Å². The monoisotopic (exact) mass is 346 g/mol. The van der Waals surface area contributed by atoms with Crippen LogP contribution in [0, 0.1) is 13.8 Å². The molecule has 2 rings (SSSR count). The Morgan fingerprint density at radius 1 is 1.24 bits per heavy atom. The highest BCUT2D eigenvalue weighted by Gasteiger charge is 2.13. The van der Waals surface area contributed by atoms with Gasteiger partial charge in [0, 0.05) is 44.4 Å². The van der Waals surface area contributed by atoms with Crippen LogP contribution in [-0.2, 0) is 25.9 Å². The van der Waals surface area contributed by atoms with Crippen LogP contribution < -0.4 is 10.6 Å². The maximum Gasteiger partial charge on any atom is 0.191 e. The standard InChI is InChI=1S/C18H30N6O/c1-6-16-15(17(7-2)25-23-16)12-21-18(19-5)20-9-8-10-24-14(4)11-13(3)22-24/h11H,6-10,12H2,1-5H3,(H2,19,20,21). The molecule has 0 saturated heterocycles. The predicted octanol–water partition coefficient (Wildman–Crippen LogP) is 2.37. The Bertz CT molecular complexity index is 679. The molecule has 0 bridgehead atoms. The third-order valence-corrected chi connectivity index (χ3v) is 4.21. The summed E-state index contributed by atoms with van der Waals surface area (Å²) in [7, 11) is 1.78. The fourth-order valence-corrected chi connectivity index (χ4v) is 2.87. The van der Waals surface area contributed by atoms with Gasteiger partial charge in [0.15, 0.2) is 5.96 Å². The lowest BCUT2D eigenvalue weighted by Gasteiger charge is -2.12. The first kappa shape index (κ1) is 19.0. The third kappa shape index (κ3) is 5.08. The summed E-state index contributed by atoms with van der Waals surface area (Å²) in [6.45, 7) is 10.7. The topological polar surface area (TPSA) is 80.3 Å². The lowest BCUT2D eigenvalue weighted by Crippen LogP contribution is -2.37. The largest absolute Gasteiger partial charge is 0.361 e. The van der Waals surface area contributed by atoms with Gasteiger partial charge in [0.25, 0.3) is 0 Å². The van der Waals surface area contributed by atoms with Crippen molar-refractivity contribution in [1.29, 1.82) is 0 Å². The molecule has 7 nitrogen and oxygen atoms in total. The number of guanidine groups is 1. The van der Waals surface area contributed by atoms with E-state index in [0.717, 1.165) is 61.0 Å². The van der Waals surface area contributed by atoms with E-state index in [1.807, 2.05) is 11.6 Å². The molecule has 25 heavy (non-hydrogen) atoms. The average molecular weight is 346 g/mol. The van der Waals surface area contributed by atoms with Crippen LogP contribution in [0.5, 0.6) is 0 Å². The number of hydrogen-bond acceptors (Lipinski definition) is 4. The van der Waals surface area contributed by atoms with Gasteiger partial charge in [-0.3, -0.25) is 9.67 Å². The summed E-state index contributed by atoms with van der Waals surface area (Å²) in [6, 6.07) is 2.10. The summed E-state index contributed by atoms with van der Waals surface area (Å²) in [5.41, 5.74) is 4.43. The Morgan fingerprint density at radius 2 is 2.04 bits per heavy atom. The van der Waals surface area contributed by atoms with Gasteiger partial charge in [-0.25, -0.2) is 0 Å². The molecular formula is C18H30N6O. The molecule has 2 N–H and O–H groups in total. The first-order chi connectivity index (χ1) is 12.1. The minimum absolute atomic E-state index is 0.674. The molecule has 0 aliphatic rings. The summed E-state index contributed by atoms with van der Waals surface area (Å²) >= 11 is 0. The van der Waals surface area contributed by atoms with Crippen molar-refractivity contribution in [3.63, 3.8) is 0 Å². The Labute approximate surface area is 149 Å². The molecule has 2 aromatic heterocycles. The molecule has 2 aromatic rings. The molecule has 0 aliphatic heterocycles. The molecule has 0 aliphatic carbocycles. The Balaban J connectivity index is 1.79. The first-order valence-electron chi connectivity index (χ1n) is 9.00. The minimum Gasteiger partial charge on any atom is -0.361 e. The van der Waals surface area contributed by atoms with Gasteiger partial charge in [0.1, 0.15) is 5.76 Å². The molecule has 0 spiro atoms. The summed E-state index contributed by atoms with van der Waals surface area (Å²) in [4.78, 5) is 4.29. The van der Waals surface area contributed by atoms with Crippen LogP contribution >= 0.6 is 0 Å². The predicted molar refractivity (Wildman–Crippen MR) is 99.8 cm³/mol. The fourth-order valence-electron chi connectivity index (χ4n) is 2.87. The third-order valence-electron chi connectivity index (χ3n) is 4.21. The summed E-state index contributed by atoms with van der Waals surface area (Å²) in [5, 5.41) is 15.3. The molecule has 0 unspecified atom stereocenters. The quantitative estimate of drug-likeness (QED) is 0.436. The van der Waals surface area contributed by atoms with E-state index in [1.165, 1.54) is 5.69 Å². The van der Waals surface area contributed by atoms with Crippen molar-refractivity contribution in [2.75, 3.05) is 13.6 Å². The number of aromatic nitrogens is 3. The van der Waals surface area contributed by atoms with Crippen LogP contribution in [0.3, 0.4) is 0 Å². The van der Waals surface area contributed by atoms with E-state index in [1.54, 1.807) is 7.05 Å². The number of aliphatic imine (C=N–C) groups is 1. The SMILES string of the molecule is CCc1noc(CC)c1CNC(=NC)NCCCn1nc(C)cc1C. The molecule has 0 fully saturated rings. The van der Waals surface area contributed by atoms with Gasteiger partial charge in [-0.05, 0) is 32.8 Å². The molecule has 0 saturated carbocycles. The Morgan fingerprint density at radius 3 is 2.64 bits per heavy atom. The number of hydrogen-bond donors (Lipinski definition) is 2. The zero-order valence-electron chi connectivity index (χ0n) is 16.0. The second-order valence-corrected chi connectivity index (χ2v) is 6.09. The van der Waals surface area contributed by atoms with Crippen LogP contribution in [0.25, 0.3) is 0 Å². The Kier molecular flexibility index (Phi) is 7.03. The van der Waals surface area contributed by atoms with Crippen molar-refractivity contribution >= 4 is 5.96 Å². The van der Waals surface area contributed by atoms with Gasteiger partial charge >= 0.3 is 0 Å². The van der Waals surface area contributed by atoms with Gasteiger partial charge < -0.3 is 15.2 Å². The number of nitrogens with one attached hydrogen (secondary N) is 2. The zero-order valence-corrected chi connectivity index (χ0v) is 16.0.